The van der Waals surface area contributed by atoms with Crippen LogP contribution < -0.4 is 16.0 Å². The number of piperidine rings is 2. The summed E-state index contributed by atoms with van der Waals surface area (Å²) < 4.78 is 52.9. The van der Waals surface area contributed by atoms with Gasteiger partial charge in [0.2, 0.25) is 11.8 Å². The van der Waals surface area contributed by atoms with Crippen molar-refractivity contribution in [1.29, 1.82) is 0 Å². The molecule has 4 aliphatic rings. The van der Waals surface area contributed by atoms with Gasteiger partial charge in [0, 0.05) is 29.1 Å². The van der Waals surface area contributed by atoms with Gasteiger partial charge in [0.05, 0.1) is 10.8 Å². The molecule has 2 fully saturated rings. The fourth-order valence-corrected chi connectivity index (χ4v) is 10.5. The summed E-state index contributed by atoms with van der Waals surface area (Å²) in [6.45, 7) is 4.58. The fraction of sp³-hybridized carbons (Fsp3) is 0.321. The number of nitrogens with zero attached hydrogens (tertiary/aromatic N) is 1. The van der Waals surface area contributed by atoms with E-state index in [1.54, 1.807) is 24.3 Å². The zero-order valence-corrected chi connectivity index (χ0v) is 38.3. The van der Waals surface area contributed by atoms with Crippen molar-refractivity contribution < 1.29 is 27.2 Å². The number of alkyl halides is 1. The molecule has 2 spiro atoms. The molecule has 348 valence electrons. The van der Waals surface area contributed by atoms with Gasteiger partial charge in [-0.3, -0.25) is 9.59 Å². The van der Waals surface area contributed by atoms with Crippen LogP contribution in [0.3, 0.4) is 0 Å². The fourth-order valence-electron chi connectivity index (χ4n) is 10.4. The monoisotopic (exact) mass is 928 g/mol. The number of halogens is 5. The topological polar surface area (TPSA) is 73.5 Å². The molecule has 11 heteroatoms. The molecule has 67 heavy (non-hydrogen) atoms. The summed E-state index contributed by atoms with van der Waals surface area (Å²) in [6, 6.07) is 42.3. The normalized spacial score (nSPS) is 16.7. The number of fused-ring (bicyclic) bond motifs is 4. The lowest BCUT2D eigenvalue weighted by atomic mass is 9.73. The van der Waals surface area contributed by atoms with Gasteiger partial charge in [-0.2, -0.15) is 0 Å². The first-order valence-corrected chi connectivity index (χ1v) is 23.9. The van der Waals surface area contributed by atoms with Crippen molar-refractivity contribution in [3.05, 3.63) is 202 Å². The number of hydrogen-bond acceptors (Lipinski definition) is 4. The summed E-state index contributed by atoms with van der Waals surface area (Å²) in [7, 11) is 0. The number of likely N-dealkylation sites (tertiary alicyclic amines) is 1. The van der Waals surface area contributed by atoms with Gasteiger partial charge in [-0.05, 0) is 178 Å². The van der Waals surface area contributed by atoms with E-state index in [-0.39, 0.29) is 52.3 Å². The van der Waals surface area contributed by atoms with Crippen LogP contribution in [-0.4, -0.2) is 55.3 Å². The van der Waals surface area contributed by atoms with Crippen molar-refractivity contribution in [2.24, 2.45) is 0 Å². The van der Waals surface area contributed by atoms with Gasteiger partial charge in [-0.25, -0.2) is 17.6 Å². The highest BCUT2D eigenvalue weighted by Crippen LogP contribution is 2.45. The Balaban J connectivity index is 0.000000151. The van der Waals surface area contributed by atoms with Gasteiger partial charge in [-0.1, -0.05) is 84.9 Å². The summed E-state index contributed by atoms with van der Waals surface area (Å²) in [5, 5.41) is 9.36. The average Bonchev–Trinajstić information content (AvgIpc) is 3.78. The number of anilines is 2. The number of carbonyl (C=O) groups excluding carboxylic acids is 2. The van der Waals surface area contributed by atoms with E-state index in [9.17, 15) is 27.2 Å². The maximum absolute atomic E-state index is 13.5. The number of amides is 2. The highest BCUT2D eigenvalue weighted by atomic mass is 35.5. The number of nitrogens with one attached hydrogen (secondary N) is 3. The number of benzene rings is 6. The second-order valence-corrected chi connectivity index (χ2v) is 18.4. The molecule has 0 unspecified atom stereocenters. The lowest BCUT2D eigenvalue weighted by molar-refractivity contribution is -0.123. The van der Waals surface area contributed by atoms with Crippen LogP contribution in [0, 0.1) is 23.3 Å². The van der Waals surface area contributed by atoms with Crippen LogP contribution in [0.2, 0.25) is 0 Å². The van der Waals surface area contributed by atoms with Crippen LogP contribution in [0.4, 0.5) is 28.9 Å². The minimum Gasteiger partial charge on any atom is -0.325 e. The quantitative estimate of drug-likeness (QED) is 0.0894. The van der Waals surface area contributed by atoms with Crippen molar-refractivity contribution in [2.45, 2.75) is 74.0 Å². The minimum absolute atomic E-state index is 0.0924. The van der Waals surface area contributed by atoms with Gasteiger partial charge < -0.3 is 20.9 Å². The van der Waals surface area contributed by atoms with Gasteiger partial charge in [0.1, 0.15) is 23.3 Å². The van der Waals surface area contributed by atoms with Crippen molar-refractivity contribution >= 4 is 34.8 Å². The predicted molar refractivity (Wildman–Crippen MR) is 260 cm³/mol. The lowest BCUT2D eigenvalue weighted by Gasteiger charge is -2.38. The van der Waals surface area contributed by atoms with E-state index in [1.165, 1.54) is 54.1 Å². The second-order valence-electron chi connectivity index (χ2n) is 18.0. The van der Waals surface area contributed by atoms with Crippen LogP contribution in [0.25, 0.3) is 0 Å². The highest BCUT2D eigenvalue weighted by Gasteiger charge is 2.48. The third-order valence-electron chi connectivity index (χ3n) is 14.1. The van der Waals surface area contributed by atoms with E-state index in [0.29, 0.717) is 5.88 Å². The molecule has 6 nitrogen and oxygen atoms in total. The first-order chi connectivity index (χ1) is 32.6. The molecular formula is C56H57ClF4N4O2. The molecule has 2 amide bonds. The largest absolute Gasteiger partial charge is 0.325 e. The lowest BCUT2D eigenvalue weighted by Crippen LogP contribution is -2.46. The molecule has 4 aliphatic heterocycles. The highest BCUT2D eigenvalue weighted by molar-refractivity contribution is 6.17. The van der Waals surface area contributed by atoms with E-state index >= 15 is 0 Å². The third kappa shape index (κ3) is 11.0. The number of rotatable bonds is 11. The van der Waals surface area contributed by atoms with Crippen molar-refractivity contribution in [2.75, 3.05) is 49.2 Å². The molecule has 2 saturated heterocycles. The molecule has 0 aliphatic carbocycles. The summed E-state index contributed by atoms with van der Waals surface area (Å²) in [4.78, 5) is 27.3. The molecule has 3 N–H and O–H groups in total. The smallest absolute Gasteiger partial charge is 0.235 e. The first kappa shape index (κ1) is 47.7. The van der Waals surface area contributed by atoms with E-state index in [0.717, 1.165) is 123 Å². The van der Waals surface area contributed by atoms with Crippen LogP contribution >= 0.6 is 11.6 Å². The van der Waals surface area contributed by atoms with Gasteiger partial charge in [0.25, 0.3) is 0 Å². The minimum atomic E-state index is -0.391. The Morgan fingerprint density at radius 2 is 0.851 bits per heavy atom. The Hall–Kier alpha value is -5.81. The van der Waals surface area contributed by atoms with Crippen LogP contribution in [0.15, 0.2) is 146 Å². The number of hydrogen-bond donors (Lipinski definition) is 3. The second kappa shape index (κ2) is 21.9. The SMILES string of the molecule is Fc1ccc(C(CCCCl)c2ccc(F)cc2)cc1.O=C1Nc2ccccc2C12CCN(CCCC(c1ccc(F)cc1)c1ccc(F)cc1)CC2.O=C1Nc2ccccc2C12CCNCC2. The molecule has 10 rings (SSSR count). The zero-order chi connectivity index (χ0) is 46.8. The van der Waals surface area contributed by atoms with E-state index in [1.807, 2.05) is 60.7 Å². The van der Waals surface area contributed by atoms with Crippen LogP contribution in [0.1, 0.15) is 96.6 Å². The van der Waals surface area contributed by atoms with Crippen molar-refractivity contribution in [3.8, 4) is 0 Å². The molecule has 0 aromatic heterocycles. The summed E-state index contributed by atoms with van der Waals surface area (Å²) in [6.07, 6.45) is 7.06. The number of carbonyl (C=O) groups is 2. The first-order valence-electron chi connectivity index (χ1n) is 23.4. The zero-order valence-electron chi connectivity index (χ0n) is 37.6. The summed E-state index contributed by atoms with van der Waals surface area (Å²) in [5.41, 5.74) is 7.79. The molecule has 6 aromatic rings. The Morgan fingerprint density at radius 1 is 0.493 bits per heavy atom. The molecule has 4 heterocycles. The Bertz CT molecular complexity index is 2490. The maximum atomic E-state index is 13.5. The molecular weight excluding hydrogens is 872 g/mol. The Labute approximate surface area is 396 Å². The molecule has 6 aromatic carbocycles. The molecule has 0 atom stereocenters. The van der Waals surface area contributed by atoms with Crippen molar-refractivity contribution in [1.82, 2.24) is 10.2 Å². The molecule has 0 radical (unpaired) electrons. The van der Waals surface area contributed by atoms with Crippen molar-refractivity contribution in [3.63, 3.8) is 0 Å². The van der Waals surface area contributed by atoms with Crippen LogP contribution in [0.5, 0.6) is 0 Å². The van der Waals surface area contributed by atoms with E-state index < -0.39 is 5.41 Å². The summed E-state index contributed by atoms with van der Waals surface area (Å²) in [5.74, 6) is 0.112. The maximum Gasteiger partial charge on any atom is 0.235 e. The standard InChI is InChI=1S/C28H28F2N2O.C16H15ClF2.C12H14N2O/c29-22-11-7-20(8-12-22)24(21-9-13-23(30)14-10-21)4-3-17-32-18-15-28(16-19-32)25-5-1-2-6-26(25)31-27(28)33;17-11-1-2-16(12-3-7-14(18)8-4-12)13-5-9-15(19)10-6-13;15-11-12(5-7-13-8-6-12)9-3-1-2-4-10(9)14-11/h1-2,5-14,24H,3-4,15-19H2,(H,31,33);3-10,16H,1-2,11H2;1-4,13H,5-8H2,(H,14,15). The molecule has 0 bridgehead atoms. The van der Waals surface area contributed by atoms with E-state index in [2.05, 4.69) is 33.0 Å². The van der Waals surface area contributed by atoms with E-state index in [4.69, 9.17) is 11.6 Å². The van der Waals surface area contributed by atoms with Gasteiger partial charge in [0.15, 0.2) is 0 Å². The van der Waals surface area contributed by atoms with Gasteiger partial charge >= 0.3 is 0 Å². The predicted octanol–water partition coefficient (Wildman–Crippen LogP) is 12.2. The Morgan fingerprint density at radius 3 is 1.24 bits per heavy atom. The number of para-hydroxylation sites is 2. The molecule has 0 saturated carbocycles. The summed E-state index contributed by atoms with van der Waals surface area (Å²) >= 11 is 5.75. The Kier molecular flexibility index (Phi) is 15.6. The van der Waals surface area contributed by atoms with Gasteiger partial charge in [-0.15, -0.1) is 11.6 Å². The third-order valence-corrected chi connectivity index (χ3v) is 14.4. The van der Waals surface area contributed by atoms with Crippen LogP contribution in [-0.2, 0) is 20.4 Å². The average molecular weight is 930 g/mol.